The van der Waals surface area contributed by atoms with Gasteiger partial charge in [-0.1, -0.05) is 212 Å². The van der Waals surface area contributed by atoms with E-state index in [1.807, 2.05) is 21.1 Å². The minimum Gasteiger partial charge on any atom is -0.477 e. The van der Waals surface area contributed by atoms with Crippen LogP contribution in [0.15, 0.2) is 12.2 Å². The van der Waals surface area contributed by atoms with Gasteiger partial charge in [0.1, 0.15) is 6.61 Å². The summed E-state index contributed by atoms with van der Waals surface area (Å²) in [5.74, 6) is -1.45. The van der Waals surface area contributed by atoms with Crippen molar-refractivity contribution in [3.8, 4) is 0 Å². The average molecular weight is 865 g/mol. The van der Waals surface area contributed by atoms with E-state index >= 15 is 0 Å². The first kappa shape index (κ1) is 59.1. The van der Waals surface area contributed by atoms with Gasteiger partial charge in [0, 0.05) is 19.3 Å². The Balaban J connectivity index is 4.20. The zero-order valence-electron chi connectivity index (χ0n) is 41.1. The molecule has 0 saturated heterocycles. The van der Waals surface area contributed by atoms with Gasteiger partial charge in [0.15, 0.2) is 12.1 Å². The lowest BCUT2D eigenvalue weighted by atomic mass is 10.0. The van der Waals surface area contributed by atoms with Crippen molar-refractivity contribution < 1.29 is 38.2 Å². The zero-order valence-corrected chi connectivity index (χ0v) is 41.1. The van der Waals surface area contributed by atoms with E-state index in [4.69, 9.17) is 14.2 Å². The van der Waals surface area contributed by atoms with Crippen molar-refractivity contribution in [3.05, 3.63) is 12.2 Å². The van der Waals surface area contributed by atoms with E-state index in [9.17, 15) is 19.5 Å². The normalized spacial score (nSPS) is 12.9. The summed E-state index contributed by atoms with van der Waals surface area (Å²) in [6, 6.07) is -0.612. The van der Waals surface area contributed by atoms with Crippen LogP contribution in [0.5, 0.6) is 0 Å². The molecule has 2 atom stereocenters. The monoisotopic (exact) mass is 865 g/mol. The Hall–Kier alpha value is -1.93. The van der Waals surface area contributed by atoms with Crippen molar-refractivity contribution >= 4 is 17.9 Å². The highest BCUT2D eigenvalue weighted by Gasteiger charge is 2.31. The Morgan fingerprint density at radius 2 is 0.820 bits per heavy atom. The number of ether oxygens (including phenoxy) is 3. The molecule has 8 heteroatoms. The predicted molar refractivity (Wildman–Crippen MR) is 257 cm³/mol. The number of allylic oxidation sites excluding steroid dienone is 2. The highest BCUT2D eigenvalue weighted by Crippen LogP contribution is 2.17. The molecule has 0 amide bonds. The number of carboxylic acid groups (broad SMARTS) is 1. The first-order valence-electron chi connectivity index (χ1n) is 26.2. The molecule has 0 fully saturated rings. The molecule has 0 aromatic rings. The lowest BCUT2D eigenvalue weighted by Gasteiger charge is -2.31. The number of hydrogen-bond acceptors (Lipinski definition) is 6. The fourth-order valence-corrected chi connectivity index (χ4v) is 8.09. The van der Waals surface area contributed by atoms with Crippen molar-refractivity contribution in [2.24, 2.45) is 0 Å². The number of carboxylic acids is 1. The molecule has 0 spiro atoms. The molecule has 2 unspecified atom stereocenters. The first-order valence-corrected chi connectivity index (χ1v) is 26.2. The number of likely N-dealkylation sites (N-methyl/N-ethyl adjacent to an activating group) is 1. The van der Waals surface area contributed by atoms with E-state index < -0.39 is 18.1 Å². The molecule has 0 radical (unpaired) electrons. The topological polar surface area (TPSA) is 99.1 Å². The van der Waals surface area contributed by atoms with Crippen LogP contribution in [0.3, 0.4) is 0 Å². The van der Waals surface area contributed by atoms with Gasteiger partial charge in [-0.2, -0.15) is 0 Å². The summed E-state index contributed by atoms with van der Waals surface area (Å²) < 4.78 is 17.4. The van der Waals surface area contributed by atoms with Crippen molar-refractivity contribution in [1.82, 2.24) is 0 Å². The van der Waals surface area contributed by atoms with Gasteiger partial charge in [0.05, 0.1) is 34.4 Å². The molecule has 0 aliphatic heterocycles. The first-order chi connectivity index (χ1) is 29.6. The van der Waals surface area contributed by atoms with Crippen molar-refractivity contribution in [3.63, 3.8) is 0 Å². The summed E-state index contributed by atoms with van der Waals surface area (Å²) in [7, 11) is 5.55. The van der Waals surface area contributed by atoms with Gasteiger partial charge in [-0.3, -0.25) is 9.59 Å². The van der Waals surface area contributed by atoms with Crippen LogP contribution in [0.2, 0.25) is 0 Å². The second-order valence-electron chi connectivity index (χ2n) is 19.1. The fraction of sp³-hybridized carbons (Fsp3) is 0.906. The van der Waals surface area contributed by atoms with Gasteiger partial charge in [-0.05, 0) is 38.5 Å². The molecule has 0 aromatic heterocycles. The lowest BCUT2D eigenvalue weighted by molar-refractivity contribution is -0.887. The van der Waals surface area contributed by atoms with Crippen LogP contribution in [0.4, 0.5) is 0 Å². The van der Waals surface area contributed by atoms with E-state index in [2.05, 4.69) is 26.0 Å². The predicted octanol–water partition coefficient (Wildman–Crippen LogP) is 15.0. The molecule has 360 valence electrons. The number of unbranched alkanes of at least 4 members (excludes halogenated alkanes) is 32. The molecule has 8 nitrogen and oxygen atoms in total. The van der Waals surface area contributed by atoms with E-state index in [0.29, 0.717) is 19.3 Å². The Kier molecular flexibility index (Phi) is 43.3. The van der Waals surface area contributed by atoms with Crippen LogP contribution in [-0.4, -0.2) is 80.6 Å². The minimum absolute atomic E-state index is 0.0459. The number of quaternary nitrogens is 1. The molecule has 0 saturated carbocycles. The second-order valence-corrected chi connectivity index (χ2v) is 19.1. The third-order valence-corrected chi connectivity index (χ3v) is 12.2. The van der Waals surface area contributed by atoms with E-state index in [-0.39, 0.29) is 36.2 Å². The third kappa shape index (κ3) is 43.1. The van der Waals surface area contributed by atoms with Crippen molar-refractivity contribution in [1.29, 1.82) is 0 Å². The third-order valence-electron chi connectivity index (χ3n) is 12.2. The summed E-state index contributed by atoms with van der Waals surface area (Å²) in [4.78, 5) is 37.2. The Labute approximate surface area is 378 Å². The molecule has 1 N–H and O–H groups in total. The molecule has 61 heavy (non-hydrogen) atoms. The number of hydrogen-bond donors (Lipinski definition) is 1. The average Bonchev–Trinajstić information content (AvgIpc) is 3.22. The molecule has 0 aromatic carbocycles. The Morgan fingerprint density at radius 3 is 1.18 bits per heavy atom. The van der Waals surface area contributed by atoms with Gasteiger partial charge in [0.2, 0.25) is 0 Å². The maximum Gasteiger partial charge on any atom is 0.362 e. The zero-order chi connectivity index (χ0) is 44.9. The molecule has 0 aliphatic carbocycles. The van der Waals surface area contributed by atoms with Crippen LogP contribution in [0.1, 0.15) is 258 Å². The van der Waals surface area contributed by atoms with E-state index in [0.717, 1.165) is 38.5 Å². The van der Waals surface area contributed by atoms with E-state index in [1.165, 1.54) is 186 Å². The maximum atomic E-state index is 12.8. The van der Waals surface area contributed by atoms with Gasteiger partial charge in [0.25, 0.3) is 0 Å². The SMILES string of the molecule is CCCCCCCCC/C=C\CCCCCCCCCC(=O)OC(COCCC(C(=O)O)[N+](C)(C)C)COC(=O)CCCCCCCCCCCCCCCCCCCCC. The lowest BCUT2D eigenvalue weighted by Crippen LogP contribution is -2.50. The number of esters is 2. The summed E-state index contributed by atoms with van der Waals surface area (Å²) in [5, 5.41) is 9.65. The number of nitrogens with zero attached hydrogens (tertiary/aromatic N) is 1. The molecule has 0 rings (SSSR count). The Morgan fingerprint density at radius 1 is 0.475 bits per heavy atom. The molecular formula is C53H102NO7+. The van der Waals surface area contributed by atoms with Gasteiger partial charge >= 0.3 is 17.9 Å². The van der Waals surface area contributed by atoms with Crippen molar-refractivity contribution in [2.45, 2.75) is 270 Å². The van der Waals surface area contributed by atoms with Gasteiger partial charge in [-0.15, -0.1) is 0 Å². The number of carbonyl (C=O) groups excluding carboxylic acids is 2. The molecule has 0 aliphatic rings. The molecule has 0 bridgehead atoms. The van der Waals surface area contributed by atoms with Gasteiger partial charge < -0.3 is 23.8 Å². The van der Waals surface area contributed by atoms with E-state index in [1.54, 1.807) is 0 Å². The number of carbonyl (C=O) groups is 3. The Bertz CT molecular complexity index is 1010. The van der Waals surface area contributed by atoms with Crippen LogP contribution >= 0.6 is 0 Å². The van der Waals surface area contributed by atoms with Gasteiger partial charge in [-0.25, -0.2) is 4.79 Å². The van der Waals surface area contributed by atoms with Crippen LogP contribution in [0.25, 0.3) is 0 Å². The summed E-state index contributed by atoms with van der Waals surface area (Å²) in [6.45, 7) is 4.78. The largest absolute Gasteiger partial charge is 0.477 e. The standard InChI is InChI=1S/C53H101NO7/c1-6-8-10-12-14-16-18-20-22-24-26-28-29-31-33-35-37-39-41-43-51(55)60-48-49(47-59-46-45-50(53(57)58)54(3,4)5)61-52(56)44-42-40-38-36-34-32-30-27-25-23-21-19-17-15-13-11-9-7-2/h23,25,49-50H,6-22,24,26-48H2,1-5H3/p+1/b25-23-. The summed E-state index contributed by atoms with van der Waals surface area (Å²) >= 11 is 0. The second kappa shape index (κ2) is 44.7. The number of rotatable bonds is 48. The molecule has 0 heterocycles. The number of aliphatic carboxylic acids is 1. The quantitative estimate of drug-likeness (QED) is 0.0281. The highest BCUT2D eigenvalue weighted by molar-refractivity contribution is 5.72. The highest BCUT2D eigenvalue weighted by atomic mass is 16.6. The fourth-order valence-electron chi connectivity index (χ4n) is 8.09. The van der Waals surface area contributed by atoms with Crippen LogP contribution in [0, 0.1) is 0 Å². The van der Waals surface area contributed by atoms with Crippen LogP contribution < -0.4 is 0 Å². The maximum absolute atomic E-state index is 12.8. The van der Waals surface area contributed by atoms with Crippen LogP contribution in [-0.2, 0) is 28.6 Å². The van der Waals surface area contributed by atoms with Crippen molar-refractivity contribution in [2.75, 3.05) is 41.0 Å². The summed E-state index contributed by atoms with van der Waals surface area (Å²) in [5.41, 5.74) is 0. The minimum atomic E-state index is -0.871. The smallest absolute Gasteiger partial charge is 0.362 e. The molecular weight excluding hydrogens is 763 g/mol. The summed E-state index contributed by atoms with van der Waals surface area (Å²) in [6.07, 6.45) is 49.7.